The summed E-state index contributed by atoms with van der Waals surface area (Å²) < 4.78 is 15.3. The molecule has 0 radical (unpaired) electrons. The number of aryl methyl sites for hydroxylation is 1. The standard InChI is InChI=1S/C23H23N3O3S/c1-12-6-5-7-17-19(12)16-11-18-22(27)25(2)23(30)26(18)21(20(16)24-17)13-8-14(28-3)10-15(9-13)29-4/h5-10,21,24,27H,11H2,1-4H3/t21-/m1/s1. The van der Waals surface area contributed by atoms with Gasteiger partial charge in [0.1, 0.15) is 17.5 Å². The topological polar surface area (TPSA) is 64.3 Å². The van der Waals surface area contributed by atoms with Gasteiger partial charge in [0.15, 0.2) is 4.77 Å². The van der Waals surface area contributed by atoms with E-state index in [4.69, 9.17) is 21.7 Å². The number of H-pyrrole nitrogens is 1. The van der Waals surface area contributed by atoms with E-state index in [0.717, 1.165) is 22.5 Å². The first-order chi connectivity index (χ1) is 14.4. The van der Waals surface area contributed by atoms with Crippen LogP contribution in [0.3, 0.4) is 0 Å². The summed E-state index contributed by atoms with van der Waals surface area (Å²) in [5, 5.41) is 12.1. The Hall–Kier alpha value is -3.19. The minimum Gasteiger partial charge on any atom is -0.497 e. The zero-order valence-corrected chi connectivity index (χ0v) is 18.1. The van der Waals surface area contributed by atoms with Gasteiger partial charge in [-0.15, -0.1) is 0 Å². The fraction of sp³-hybridized carbons (Fsp3) is 0.261. The van der Waals surface area contributed by atoms with Crippen molar-refractivity contribution in [3.63, 3.8) is 0 Å². The third-order valence-electron chi connectivity index (χ3n) is 6.09. The number of ether oxygens (including phenoxy) is 2. The molecule has 0 bridgehead atoms. The molecule has 4 aromatic rings. The highest BCUT2D eigenvalue weighted by Gasteiger charge is 2.34. The molecule has 0 saturated heterocycles. The number of aromatic nitrogens is 3. The number of fused-ring (bicyclic) bond motifs is 4. The maximum absolute atomic E-state index is 10.9. The highest BCUT2D eigenvalue weighted by molar-refractivity contribution is 7.71. The van der Waals surface area contributed by atoms with Crippen molar-refractivity contribution in [1.29, 1.82) is 0 Å². The molecule has 0 amide bonds. The second-order valence-electron chi connectivity index (χ2n) is 7.72. The van der Waals surface area contributed by atoms with Crippen molar-refractivity contribution in [2.45, 2.75) is 19.4 Å². The van der Waals surface area contributed by atoms with Crippen LogP contribution < -0.4 is 9.47 Å². The van der Waals surface area contributed by atoms with Gasteiger partial charge in [0, 0.05) is 36.1 Å². The fourth-order valence-electron chi connectivity index (χ4n) is 4.64. The van der Waals surface area contributed by atoms with Gasteiger partial charge in [-0.1, -0.05) is 12.1 Å². The molecule has 0 spiro atoms. The van der Waals surface area contributed by atoms with Gasteiger partial charge in [-0.25, -0.2) is 0 Å². The third kappa shape index (κ3) is 2.51. The van der Waals surface area contributed by atoms with Gasteiger partial charge in [0.05, 0.1) is 19.9 Å². The quantitative estimate of drug-likeness (QED) is 0.418. The molecule has 1 aliphatic rings. The number of hydrogen-bond acceptors (Lipinski definition) is 4. The number of imidazole rings is 1. The SMILES string of the molecule is COc1cc(OC)cc([C@@H]2c3[nH]c4cccc(C)c4c3Cc3c(O)n(C)c(=S)n32)c1. The minimum atomic E-state index is -0.237. The summed E-state index contributed by atoms with van der Waals surface area (Å²) in [6, 6.07) is 11.9. The molecule has 6 nitrogen and oxygen atoms in total. The minimum absolute atomic E-state index is 0.202. The predicted octanol–water partition coefficient (Wildman–Crippen LogP) is 4.61. The zero-order chi connectivity index (χ0) is 21.2. The van der Waals surface area contributed by atoms with E-state index in [2.05, 4.69) is 30.1 Å². The van der Waals surface area contributed by atoms with Crippen molar-refractivity contribution < 1.29 is 14.6 Å². The summed E-state index contributed by atoms with van der Waals surface area (Å²) in [4.78, 5) is 3.64. The van der Waals surface area contributed by atoms with Crippen LogP contribution in [-0.4, -0.2) is 33.4 Å². The van der Waals surface area contributed by atoms with Crippen molar-refractivity contribution in [3.05, 3.63) is 69.2 Å². The van der Waals surface area contributed by atoms with Crippen LogP contribution in [0, 0.1) is 11.7 Å². The van der Waals surface area contributed by atoms with E-state index in [9.17, 15) is 5.11 Å². The maximum atomic E-state index is 10.9. The number of nitrogens with one attached hydrogen (secondary N) is 1. The second-order valence-corrected chi connectivity index (χ2v) is 8.09. The second kappa shape index (κ2) is 6.67. The Kier molecular flexibility index (Phi) is 4.18. The monoisotopic (exact) mass is 421 g/mol. The van der Waals surface area contributed by atoms with Crippen LogP contribution in [0.25, 0.3) is 10.9 Å². The molecule has 30 heavy (non-hydrogen) atoms. The average Bonchev–Trinajstić information content (AvgIpc) is 3.23. The Morgan fingerprint density at radius 2 is 1.83 bits per heavy atom. The van der Waals surface area contributed by atoms with E-state index < -0.39 is 0 Å². The number of aromatic amines is 1. The molecule has 0 fully saturated rings. The highest BCUT2D eigenvalue weighted by atomic mass is 32.1. The van der Waals surface area contributed by atoms with Gasteiger partial charge in [-0.2, -0.15) is 0 Å². The molecule has 5 rings (SSSR count). The van der Waals surface area contributed by atoms with Crippen LogP contribution >= 0.6 is 12.2 Å². The molecule has 2 N–H and O–H groups in total. The van der Waals surface area contributed by atoms with E-state index >= 15 is 0 Å². The van der Waals surface area contributed by atoms with Crippen molar-refractivity contribution in [2.24, 2.45) is 7.05 Å². The van der Waals surface area contributed by atoms with E-state index in [1.54, 1.807) is 25.8 Å². The molecule has 1 aliphatic heterocycles. The number of nitrogens with zero attached hydrogens (tertiary/aromatic N) is 2. The summed E-state index contributed by atoms with van der Waals surface area (Å²) in [5.74, 6) is 1.61. The Bertz CT molecular complexity index is 1340. The molecule has 7 heteroatoms. The van der Waals surface area contributed by atoms with Crippen molar-refractivity contribution in [3.8, 4) is 17.4 Å². The fourth-order valence-corrected chi connectivity index (χ4v) is 4.95. The summed E-state index contributed by atoms with van der Waals surface area (Å²) in [6.45, 7) is 2.12. The largest absolute Gasteiger partial charge is 0.497 e. The first-order valence-electron chi connectivity index (χ1n) is 9.76. The lowest BCUT2D eigenvalue weighted by atomic mass is 9.91. The molecule has 0 unspecified atom stereocenters. The number of hydrogen-bond donors (Lipinski definition) is 2. The Balaban J connectivity index is 1.88. The molecular weight excluding hydrogens is 398 g/mol. The van der Waals surface area contributed by atoms with Crippen LogP contribution in [0.15, 0.2) is 36.4 Å². The van der Waals surface area contributed by atoms with Crippen LogP contribution in [0.1, 0.15) is 34.1 Å². The Morgan fingerprint density at radius 1 is 1.13 bits per heavy atom. The number of aromatic hydroxyl groups is 1. The molecule has 1 atom stereocenters. The first kappa shape index (κ1) is 18.8. The number of benzene rings is 2. The lowest BCUT2D eigenvalue weighted by Gasteiger charge is -2.27. The van der Waals surface area contributed by atoms with Gasteiger partial charge < -0.3 is 24.1 Å². The van der Waals surface area contributed by atoms with Gasteiger partial charge in [0.2, 0.25) is 5.88 Å². The van der Waals surface area contributed by atoms with E-state index in [1.807, 2.05) is 22.8 Å². The van der Waals surface area contributed by atoms with Crippen molar-refractivity contribution in [2.75, 3.05) is 14.2 Å². The summed E-state index contributed by atoms with van der Waals surface area (Å²) in [5.41, 5.74) is 6.33. The normalized spacial score (nSPS) is 15.1. The smallest absolute Gasteiger partial charge is 0.213 e. The van der Waals surface area contributed by atoms with E-state index in [-0.39, 0.29) is 11.9 Å². The van der Waals surface area contributed by atoms with Crippen LogP contribution in [-0.2, 0) is 13.5 Å². The Labute approximate surface area is 179 Å². The predicted molar refractivity (Wildman–Crippen MR) is 119 cm³/mol. The molecule has 3 heterocycles. The van der Waals surface area contributed by atoms with E-state index in [1.165, 1.54) is 16.5 Å². The van der Waals surface area contributed by atoms with Crippen molar-refractivity contribution in [1.82, 2.24) is 14.1 Å². The first-order valence-corrected chi connectivity index (χ1v) is 10.2. The molecule has 0 aliphatic carbocycles. The summed E-state index contributed by atoms with van der Waals surface area (Å²) in [7, 11) is 5.08. The summed E-state index contributed by atoms with van der Waals surface area (Å²) in [6.07, 6.45) is 0.605. The lowest BCUT2D eigenvalue weighted by Crippen LogP contribution is -2.22. The molecular formula is C23H23N3O3S. The number of rotatable bonds is 3. The zero-order valence-electron chi connectivity index (χ0n) is 17.3. The third-order valence-corrected chi connectivity index (χ3v) is 6.56. The van der Waals surface area contributed by atoms with Crippen molar-refractivity contribution >= 4 is 23.1 Å². The van der Waals surface area contributed by atoms with Gasteiger partial charge in [-0.05, 0) is 54.0 Å². The van der Waals surface area contributed by atoms with Crippen LogP contribution in [0.5, 0.6) is 17.4 Å². The van der Waals surface area contributed by atoms with Gasteiger partial charge in [-0.3, -0.25) is 4.57 Å². The lowest BCUT2D eigenvalue weighted by molar-refractivity contribution is 0.392. The van der Waals surface area contributed by atoms with Gasteiger partial charge in [0.25, 0.3) is 0 Å². The molecule has 0 saturated carbocycles. The van der Waals surface area contributed by atoms with E-state index in [0.29, 0.717) is 22.7 Å². The molecule has 2 aromatic carbocycles. The molecule has 154 valence electrons. The highest BCUT2D eigenvalue weighted by Crippen LogP contribution is 2.44. The van der Waals surface area contributed by atoms with Gasteiger partial charge >= 0.3 is 0 Å². The average molecular weight is 422 g/mol. The number of methoxy groups -OCH3 is 2. The Morgan fingerprint density at radius 3 is 2.50 bits per heavy atom. The molecule has 2 aromatic heterocycles. The maximum Gasteiger partial charge on any atom is 0.213 e. The summed E-state index contributed by atoms with van der Waals surface area (Å²) >= 11 is 5.73. The van der Waals surface area contributed by atoms with Crippen LogP contribution in [0.4, 0.5) is 0 Å². The van der Waals surface area contributed by atoms with Crippen LogP contribution in [0.2, 0.25) is 0 Å².